The number of halogens is 1. The molecule has 5 nitrogen and oxygen atoms in total. The maximum absolute atomic E-state index is 11.6. The van der Waals surface area contributed by atoms with Gasteiger partial charge in [0.1, 0.15) is 0 Å². The number of rotatable bonds is 10. The first-order valence-electron chi connectivity index (χ1n) is 8.72. The van der Waals surface area contributed by atoms with Gasteiger partial charge in [0.05, 0.1) is 13.2 Å². The van der Waals surface area contributed by atoms with Gasteiger partial charge in [-0.25, -0.2) is 0 Å². The lowest BCUT2D eigenvalue weighted by Gasteiger charge is -2.16. The van der Waals surface area contributed by atoms with E-state index in [1.165, 1.54) is 0 Å². The van der Waals surface area contributed by atoms with Crippen LogP contribution in [0.1, 0.15) is 38.7 Å². The zero-order chi connectivity index (χ0) is 17.4. The van der Waals surface area contributed by atoms with E-state index in [0.29, 0.717) is 25.5 Å². The Hall–Kier alpha value is -1.27. The summed E-state index contributed by atoms with van der Waals surface area (Å²) < 4.78 is 12.3. The number of hydrogen-bond acceptors (Lipinski definition) is 4. The molecule has 1 aliphatic rings. The van der Waals surface area contributed by atoms with Crippen molar-refractivity contribution < 1.29 is 14.3 Å². The zero-order valence-electron chi connectivity index (χ0n) is 14.6. The number of carbonyl (C=O) groups is 1. The van der Waals surface area contributed by atoms with Crippen LogP contribution in [0.4, 0.5) is 0 Å². The van der Waals surface area contributed by atoms with Crippen LogP contribution in [-0.4, -0.2) is 43.7 Å². The van der Waals surface area contributed by atoms with Crippen LogP contribution in [0.15, 0.2) is 16.6 Å². The summed E-state index contributed by atoms with van der Waals surface area (Å²) in [5.41, 5.74) is 1.14. The third-order valence-corrected chi connectivity index (χ3v) is 4.72. The maximum Gasteiger partial charge on any atom is 0.222 e. The largest absolute Gasteiger partial charge is 0.490 e. The predicted molar refractivity (Wildman–Crippen MR) is 98.6 cm³/mol. The molecule has 1 saturated heterocycles. The minimum Gasteiger partial charge on any atom is -0.490 e. The van der Waals surface area contributed by atoms with Gasteiger partial charge in [0.15, 0.2) is 11.5 Å². The summed E-state index contributed by atoms with van der Waals surface area (Å²) in [7, 11) is 0. The summed E-state index contributed by atoms with van der Waals surface area (Å²) in [5, 5.41) is 3.44. The number of nitrogens with zero attached hydrogens (tertiary/aromatic N) is 1. The van der Waals surface area contributed by atoms with Gasteiger partial charge in [-0.3, -0.25) is 4.79 Å². The van der Waals surface area contributed by atoms with Crippen molar-refractivity contribution >= 4 is 21.8 Å². The van der Waals surface area contributed by atoms with E-state index in [1.807, 2.05) is 30.9 Å². The average Bonchev–Trinajstić information content (AvgIpc) is 2.96. The standard InChI is InChI=1S/C18H27BrN2O3/c1-3-23-16-11-14(15(19)12-17(16)24-4-2)13-20-8-6-10-21-9-5-7-18(21)22/h11-12,20H,3-10,13H2,1-2H3. The molecule has 0 bridgehead atoms. The number of amides is 1. The van der Waals surface area contributed by atoms with Gasteiger partial charge in [0.25, 0.3) is 0 Å². The predicted octanol–water partition coefficient (Wildman–Crippen LogP) is 3.35. The van der Waals surface area contributed by atoms with Gasteiger partial charge in [0.2, 0.25) is 5.91 Å². The molecule has 1 heterocycles. The number of carbonyl (C=O) groups excluding carboxylic acids is 1. The molecule has 0 radical (unpaired) electrons. The topological polar surface area (TPSA) is 50.8 Å². The van der Waals surface area contributed by atoms with Gasteiger partial charge in [-0.1, -0.05) is 15.9 Å². The highest BCUT2D eigenvalue weighted by Crippen LogP contribution is 2.33. The van der Waals surface area contributed by atoms with Crippen molar-refractivity contribution in [2.24, 2.45) is 0 Å². The lowest BCUT2D eigenvalue weighted by Crippen LogP contribution is -2.28. The van der Waals surface area contributed by atoms with Crippen LogP contribution in [0.5, 0.6) is 11.5 Å². The first kappa shape index (κ1) is 19.1. The molecule has 0 aliphatic carbocycles. The molecule has 2 rings (SSSR count). The van der Waals surface area contributed by atoms with Crippen molar-refractivity contribution in [3.63, 3.8) is 0 Å². The Balaban J connectivity index is 1.82. The summed E-state index contributed by atoms with van der Waals surface area (Å²) in [5.74, 6) is 1.84. The average molecular weight is 399 g/mol. The molecule has 1 N–H and O–H groups in total. The molecule has 0 unspecified atom stereocenters. The molecule has 1 amide bonds. The first-order valence-corrected chi connectivity index (χ1v) is 9.51. The van der Waals surface area contributed by atoms with Crippen molar-refractivity contribution in [1.82, 2.24) is 10.2 Å². The molecular weight excluding hydrogens is 372 g/mol. The molecule has 1 aliphatic heterocycles. The quantitative estimate of drug-likeness (QED) is 0.613. The molecule has 0 spiro atoms. The van der Waals surface area contributed by atoms with Gasteiger partial charge >= 0.3 is 0 Å². The SMILES string of the molecule is CCOc1cc(Br)c(CNCCCN2CCCC2=O)cc1OCC. The van der Waals surface area contributed by atoms with Crippen LogP contribution in [0.3, 0.4) is 0 Å². The monoisotopic (exact) mass is 398 g/mol. The van der Waals surface area contributed by atoms with E-state index in [1.54, 1.807) is 0 Å². The van der Waals surface area contributed by atoms with E-state index in [4.69, 9.17) is 9.47 Å². The van der Waals surface area contributed by atoms with Crippen molar-refractivity contribution in [1.29, 1.82) is 0 Å². The highest BCUT2D eigenvalue weighted by atomic mass is 79.9. The summed E-state index contributed by atoms with van der Waals surface area (Å²) in [6.45, 7) is 8.55. The molecule has 0 aromatic heterocycles. The minimum absolute atomic E-state index is 0.297. The number of likely N-dealkylation sites (tertiary alicyclic amines) is 1. The van der Waals surface area contributed by atoms with Crippen LogP contribution in [0.2, 0.25) is 0 Å². The van der Waals surface area contributed by atoms with Crippen LogP contribution in [-0.2, 0) is 11.3 Å². The number of nitrogens with one attached hydrogen (secondary N) is 1. The van der Waals surface area contributed by atoms with Crippen molar-refractivity contribution in [2.75, 3.05) is 32.8 Å². The Morgan fingerprint density at radius 3 is 2.54 bits per heavy atom. The van der Waals surface area contributed by atoms with Gasteiger partial charge in [-0.2, -0.15) is 0 Å². The molecule has 1 fully saturated rings. The fraction of sp³-hybridized carbons (Fsp3) is 0.611. The van der Waals surface area contributed by atoms with E-state index in [-0.39, 0.29) is 0 Å². The second kappa shape index (κ2) is 9.89. The minimum atomic E-state index is 0.297. The van der Waals surface area contributed by atoms with Gasteiger partial charge in [0, 0.05) is 30.5 Å². The van der Waals surface area contributed by atoms with Gasteiger partial charge < -0.3 is 19.7 Å². The maximum atomic E-state index is 11.6. The lowest BCUT2D eigenvalue weighted by atomic mass is 10.2. The zero-order valence-corrected chi connectivity index (χ0v) is 16.2. The summed E-state index contributed by atoms with van der Waals surface area (Å²) in [6, 6.07) is 3.99. The van der Waals surface area contributed by atoms with Crippen LogP contribution >= 0.6 is 15.9 Å². The molecular formula is C18H27BrN2O3. The highest BCUT2D eigenvalue weighted by molar-refractivity contribution is 9.10. The van der Waals surface area contributed by atoms with Crippen LogP contribution in [0.25, 0.3) is 0 Å². The van der Waals surface area contributed by atoms with Crippen LogP contribution in [0, 0.1) is 0 Å². The van der Waals surface area contributed by atoms with E-state index in [9.17, 15) is 4.79 Å². The number of ether oxygens (including phenoxy) is 2. The molecule has 1 aromatic rings. The first-order chi connectivity index (χ1) is 11.7. The smallest absolute Gasteiger partial charge is 0.222 e. The van der Waals surface area contributed by atoms with Crippen LogP contribution < -0.4 is 14.8 Å². The Morgan fingerprint density at radius 1 is 1.21 bits per heavy atom. The number of hydrogen-bond donors (Lipinski definition) is 1. The molecule has 0 saturated carbocycles. The molecule has 0 atom stereocenters. The van der Waals surface area contributed by atoms with Gasteiger partial charge in [-0.15, -0.1) is 0 Å². The van der Waals surface area contributed by atoms with Gasteiger partial charge in [-0.05, 0) is 50.9 Å². The van der Waals surface area contributed by atoms with Crippen molar-refractivity contribution in [3.8, 4) is 11.5 Å². The Bertz CT molecular complexity index is 551. The van der Waals surface area contributed by atoms with E-state index < -0.39 is 0 Å². The second-order valence-electron chi connectivity index (χ2n) is 5.77. The van der Waals surface area contributed by atoms with E-state index in [0.717, 1.165) is 60.6 Å². The van der Waals surface area contributed by atoms with E-state index in [2.05, 4.69) is 21.2 Å². The second-order valence-corrected chi connectivity index (χ2v) is 6.63. The number of benzene rings is 1. The molecule has 6 heteroatoms. The molecule has 134 valence electrons. The van der Waals surface area contributed by atoms with Crippen molar-refractivity contribution in [2.45, 2.75) is 39.7 Å². The van der Waals surface area contributed by atoms with E-state index >= 15 is 0 Å². The fourth-order valence-corrected chi connectivity index (χ4v) is 3.27. The summed E-state index contributed by atoms with van der Waals surface area (Å²) in [6.07, 6.45) is 2.69. The van der Waals surface area contributed by atoms with Crippen molar-refractivity contribution in [3.05, 3.63) is 22.2 Å². The normalized spacial score (nSPS) is 14.3. The highest BCUT2D eigenvalue weighted by Gasteiger charge is 2.18. The molecule has 1 aromatic carbocycles. The summed E-state index contributed by atoms with van der Waals surface area (Å²) >= 11 is 3.60. The third-order valence-electron chi connectivity index (χ3n) is 3.98. The summed E-state index contributed by atoms with van der Waals surface area (Å²) in [4.78, 5) is 13.5. The third kappa shape index (κ3) is 5.38. The lowest BCUT2D eigenvalue weighted by molar-refractivity contribution is -0.127. The Kier molecular flexibility index (Phi) is 7.85. The fourth-order valence-electron chi connectivity index (χ4n) is 2.81. The Labute approximate surface area is 152 Å². The molecule has 24 heavy (non-hydrogen) atoms. The Morgan fingerprint density at radius 2 is 1.92 bits per heavy atom.